The van der Waals surface area contributed by atoms with Crippen molar-refractivity contribution in [3.8, 4) is 0 Å². The minimum atomic E-state index is -0.760. The van der Waals surface area contributed by atoms with Crippen LogP contribution >= 0.6 is 0 Å². The zero-order valence-electron chi connectivity index (χ0n) is 9.49. The molecule has 0 heterocycles. The summed E-state index contributed by atoms with van der Waals surface area (Å²) >= 11 is 0. The summed E-state index contributed by atoms with van der Waals surface area (Å²) in [4.78, 5) is 22.7. The maximum absolute atomic E-state index is 13.0. The molecule has 0 saturated carbocycles. The summed E-state index contributed by atoms with van der Waals surface area (Å²) in [7, 11) is 1.20. The largest absolute Gasteiger partial charge is 0.465 e. The number of nitrogens with two attached hydrogens (primary N) is 1. The Morgan fingerprint density at radius 2 is 2.12 bits per heavy atom. The molecular weight excluding hydrogens is 227 g/mol. The van der Waals surface area contributed by atoms with Gasteiger partial charge < -0.3 is 15.8 Å². The van der Waals surface area contributed by atoms with Crippen molar-refractivity contribution < 1.29 is 18.7 Å². The van der Waals surface area contributed by atoms with Crippen LogP contribution in [0.3, 0.4) is 0 Å². The lowest BCUT2D eigenvalue weighted by Gasteiger charge is -2.11. The maximum atomic E-state index is 13.0. The predicted molar refractivity (Wildman–Crippen MR) is 60.0 cm³/mol. The Hall–Kier alpha value is -1.95. The van der Waals surface area contributed by atoms with Crippen LogP contribution in [0.5, 0.6) is 0 Å². The predicted octanol–water partition coefficient (Wildman–Crippen LogP) is 0.898. The van der Waals surface area contributed by atoms with Gasteiger partial charge in [-0.15, -0.1) is 0 Å². The maximum Gasteiger partial charge on any atom is 0.339 e. The van der Waals surface area contributed by atoms with Gasteiger partial charge in [0.25, 0.3) is 0 Å². The lowest BCUT2D eigenvalue weighted by molar-refractivity contribution is -0.117. The van der Waals surface area contributed by atoms with E-state index in [4.69, 9.17) is 5.73 Å². The van der Waals surface area contributed by atoms with E-state index < -0.39 is 23.7 Å². The molecule has 0 spiro atoms. The molecule has 1 atom stereocenters. The Labute approximate surface area is 97.7 Å². The molecule has 0 aliphatic heterocycles. The fourth-order valence-electron chi connectivity index (χ4n) is 1.15. The van der Waals surface area contributed by atoms with Gasteiger partial charge in [-0.3, -0.25) is 4.79 Å². The third kappa shape index (κ3) is 3.25. The highest BCUT2D eigenvalue weighted by Crippen LogP contribution is 2.18. The number of hydrogen-bond donors (Lipinski definition) is 2. The number of esters is 1. The SMILES string of the molecule is COC(=O)c1ccc(F)cc1NC(=O)C(C)N. The molecule has 17 heavy (non-hydrogen) atoms. The third-order valence-corrected chi connectivity index (χ3v) is 2.06. The number of ether oxygens (including phenoxy) is 1. The standard InChI is InChI=1S/C11H13FN2O3/c1-6(13)10(15)14-9-5-7(12)3-4-8(9)11(16)17-2/h3-6H,13H2,1-2H3,(H,14,15). The molecule has 92 valence electrons. The van der Waals surface area contributed by atoms with Crippen molar-refractivity contribution in [3.63, 3.8) is 0 Å². The molecule has 0 bridgehead atoms. The molecule has 0 aliphatic rings. The first-order valence-electron chi connectivity index (χ1n) is 4.90. The number of carbonyl (C=O) groups is 2. The van der Waals surface area contributed by atoms with Crippen LogP contribution in [-0.2, 0) is 9.53 Å². The molecule has 1 amide bonds. The van der Waals surface area contributed by atoms with Crippen molar-refractivity contribution in [3.05, 3.63) is 29.6 Å². The van der Waals surface area contributed by atoms with Crippen LogP contribution in [0.25, 0.3) is 0 Å². The average Bonchev–Trinajstić information content (AvgIpc) is 2.28. The second-order valence-electron chi connectivity index (χ2n) is 3.46. The highest BCUT2D eigenvalue weighted by molar-refractivity contribution is 6.02. The van der Waals surface area contributed by atoms with Crippen molar-refractivity contribution in [1.82, 2.24) is 0 Å². The lowest BCUT2D eigenvalue weighted by atomic mass is 10.1. The van der Waals surface area contributed by atoms with Crippen molar-refractivity contribution in [2.24, 2.45) is 5.73 Å². The molecule has 0 radical (unpaired) electrons. The summed E-state index contributed by atoms with van der Waals surface area (Å²) in [5.74, 6) is -1.75. The zero-order valence-corrected chi connectivity index (χ0v) is 9.49. The number of anilines is 1. The second-order valence-corrected chi connectivity index (χ2v) is 3.46. The van der Waals surface area contributed by atoms with Gasteiger partial charge in [0.2, 0.25) is 5.91 Å². The molecule has 1 aromatic carbocycles. The van der Waals surface area contributed by atoms with Crippen LogP contribution < -0.4 is 11.1 Å². The Bertz CT molecular complexity index is 446. The van der Waals surface area contributed by atoms with E-state index in [-0.39, 0.29) is 11.3 Å². The van der Waals surface area contributed by atoms with E-state index in [0.717, 1.165) is 12.1 Å². The van der Waals surface area contributed by atoms with Gasteiger partial charge in [0, 0.05) is 0 Å². The number of methoxy groups -OCH3 is 1. The summed E-state index contributed by atoms with van der Waals surface area (Å²) in [6.07, 6.45) is 0. The van der Waals surface area contributed by atoms with Gasteiger partial charge in [0.05, 0.1) is 24.4 Å². The third-order valence-electron chi connectivity index (χ3n) is 2.06. The van der Waals surface area contributed by atoms with Gasteiger partial charge in [-0.05, 0) is 25.1 Å². The highest BCUT2D eigenvalue weighted by Gasteiger charge is 2.16. The first kappa shape index (κ1) is 13.1. The quantitative estimate of drug-likeness (QED) is 0.769. The molecule has 0 saturated heterocycles. The van der Waals surface area contributed by atoms with E-state index in [1.807, 2.05) is 0 Å². The average molecular weight is 240 g/mol. The number of nitrogens with one attached hydrogen (secondary N) is 1. The summed E-state index contributed by atoms with van der Waals surface area (Å²) in [5, 5.41) is 2.36. The Balaban J connectivity index is 3.07. The monoisotopic (exact) mass is 240 g/mol. The first-order chi connectivity index (χ1) is 7.95. The molecule has 1 aromatic rings. The second kappa shape index (κ2) is 5.40. The first-order valence-corrected chi connectivity index (χ1v) is 4.90. The lowest BCUT2D eigenvalue weighted by Crippen LogP contribution is -2.33. The highest BCUT2D eigenvalue weighted by atomic mass is 19.1. The van der Waals surface area contributed by atoms with E-state index in [9.17, 15) is 14.0 Å². The smallest absolute Gasteiger partial charge is 0.339 e. The van der Waals surface area contributed by atoms with Gasteiger partial charge >= 0.3 is 5.97 Å². The fourth-order valence-corrected chi connectivity index (χ4v) is 1.15. The van der Waals surface area contributed by atoms with E-state index >= 15 is 0 Å². The molecule has 0 fully saturated rings. The number of benzene rings is 1. The van der Waals surface area contributed by atoms with Gasteiger partial charge in [0.15, 0.2) is 0 Å². The summed E-state index contributed by atoms with van der Waals surface area (Å²) in [6, 6.07) is 2.61. The zero-order chi connectivity index (χ0) is 13.0. The van der Waals surface area contributed by atoms with Gasteiger partial charge in [-0.1, -0.05) is 0 Å². The molecule has 1 rings (SSSR count). The van der Waals surface area contributed by atoms with E-state index in [2.05, 4.69) is 10.1 Å². The topological polar surface area (TPSA) is 81.4 Å². The summed E-state index contributed by atoms with van der Waals surface area (Å²) < 4.78 is 17.5. The van der Waals surface area contributed by atoms with Crippen LogP contribution in [-0.4, -0.2) is 25.0 Å². The van der Waals surface area contributed by atoms with Crippen molar-refractivity contribution in [1.29, 1.82) is 0 Å². The number of halogens is 1. The van der Waals surface area contributed by atoms with Crippen LogP contribution in [0, 0.1) is 5.82 Å². The van der Waals surface area contributed by atoms with E-state index in [0.29, 0.717) is 0 Å². The number of rotatable bonds is 3. The van der Waals surface area contributed by atoms with Crippen molar-refractivity contribution >= 4 is 17.6 Å². The summed E-state index contributed by atoms with van der Waals surface area (Å²) in [6.45, 7) is 1.48. The van der Waals surface area contributed by atoms with E-state index in [1.165, 1.54) is 20.1 Å². The minimum absolute atomic E-state index is 0.0409. The Morgan fingerprint density at radius 3 is 2.65 bits per heavy atom. The van der Waals surface area contributed by atoms with Crippen LogP contribution in [0.2, 0.25) is 0 Å². The Morgan fingerprint density at radius 1 is 1.47 bits per heavy atom. The normalized spacial score (nSPS) is 11.8. The molecule has 6 heteroatoms. The number of amides is 1. The molecule has 1 unspecified atom stereocenters. The van der Waals surface area contributed by atoms with Crippen LogP contribution in [0.4, 0.5) is 10.1 Å². The van der Waals surface area contributed by atoms with Crippen LogP contribution in [0.1, 0.15) is 17.3 Å². The number of hydrogen-bond acceptors (Lipinski definition) is 4. The number of carbonyl (C=O) groups excluding carboxylic acids is 2. The van der Waals surface area contributed by atoms with Crippen molar-refractivity contribution in [2.75, 3.05) is 12.4 Å². The van der Waals surface area contributed by atoms with Gasteiger partial charge in [-0.2, -0.15) is 0 Å². The molecule has 0 aromatic heterocycles. The summed E-state index contributed by atoms with van der Waals surface area (Å²) in [5.41, 5.74) is 5.47. The Kier molecular flexibility index (Phi) is 4.17. The molecular formula is C11H13FN2O3. The minimum Gasteiger partial charge on any atom is -0.465 e. The molecule has 5 nitrogen and oxygen atoms in total. The molecule has 0 aliphatic carbocycles. The fraction of sp³-hybridized carbons (Fsp3) is 0.273. The van der Waals surface area contributed by atoms with Crippen LogP contribution in [0.15, 0.2) is 18.2 Å². The van der Waals surface area contributed by atoms with E-state index in [1.54, 1.807) is 0 Å². The van der Waals surface area contributed by atoms with Gasteiger partial charge in [-0.25, -0.2) is 9.18 Å². The van der Waals surface area contributed by atoms with Gasteiger partial charge in [0.1, 0.15) is 5.82 Å². The molecule has 3 N–H and O–H groups in total. The van der Waals surface area contributed by atoms with Crippen molar-refractivity contribution in [2.45, 2.75) is 13.0 Å².